The van der Waals surface area contributed by atoms with Gasteiger partial charge in [0.1, 0.15) is 11.3 Å². The van der Waals surface area contributed by atoms with Gasteiger partial charge in [0.05, 0.1) is 6.20 Å². The van der Waals surface area contributed by atoms with Crippen molar-refractivity contribution in [2.75, 3.05) is 0 Å². The summed E-state index contributed by atoms with van der Waals surface area (Å²) in [5.74, 6) is 0.733. The third kappa shape index (κ3) is 2.71. The van der Waals surface area contributed by atoms with Crippen LogP contribution in [0.3, 0.4) is 0 Å². The first-order valence-corrected chi connectivity index (χ1v) is 7.66. The van der Waals surface area contributed by atoms with Crippen molar-refractivity contribution in [3.63, 3.8) is 0 Å². The van der Waals surface area contributed by atoms with Crippen molar-refractivity contribution in [3.05, 3.63) is 71.5 Å². The predicted octanol–water partition coefficient (Wildman–Crippen LogP) is 5.52. The summed E-state index contributed by atoms with van der Waals surface area (Å²) in [6, 6.07) is 18.5. The molecule has 0 unspecified atom stereocenters. The fourth-order valence-electron chi connectivity index (χ4n) is 2.61. The number of furan rings is 1. The van der Waals surface area contributed by atoms with Crippen molar-refractivity contribution in [2.45, 2.75) is 6.92 Å². The van der Waals surface area contributed by atoms with Crippen molar-refractivity contribution in [1.29, 1.82) is 0 Å². The van der Waals surface area contributed by atoms with Gasteiger partial charge in [-0.2, -0.15) is 4.98 Å². The molecule has 112 valence electrons. The summed E-state index contributed by atoms with van der Waals surface area (Å²) in [5, 5.41) is 0.326. The van der Waals surface area contributed by atoms with Crippen LogP contribution in [-0.4, -0.2) is 9.97 Å². The topological polar surface area (TPSA) is 38.9 Å². The summed E-state index contributed by atoms with van der Waals surface area (Å²) < 4.78 is 5.79. The van der Waals surface area contributed by atoms with Gasteiger partial charge in [-0.1, -0.05) is 59.6 Å². The smallest absolute Gasteiger partial charge is 0.247 e. The van der Waals surface area contributed by atoms with E-state index in [1.165, 1.54) is 17.3 Å². The van der Waals surface area contributed by atoms with Crippen LogP contribution in [0.1, 0.15) is 5.56 Å². The molecule has 0 aliphatic heterocycles. The molecule has 0 N–H and O–H groups in total. The van der Waals surface area contributed by atoms with Crippen molar-refractivity contribution in [3.8, 4) is 22.5 Å². The molecule has 0 spiro atoms. The minimum atomic E-state index is 0.326. The van der Waals surface area contributed by atoms with E-state index in [2.05, 4.69) is 53.3 Å². The molecule has 0 aliphatic carbocycles. The first-order chi connectivity index (χ1) is 11.2. The summed E-state index contributed by atoms with van der Waals surface area (Å²) >= 11 is 5.86. The molecule has 4 rings (SSSR count). The molecule has 0 amide bonds. The van der Waals surface area contributed by atoms with E-state index in [-0.39, 0.29) is 0 Å². The van der Waals surface area contributed by atoms with E-state index in [4.69, 9.17) is 16.0 Å². The number of aryl methyl sites for hydroxylation is 1. The minimum Gasteiger partial charge on any atom is -0.436 e. The van der Waals surface area contributed by atoms with E-state index in [0.717, 1.165) is 16.9 Å². The maximum absolute atomic E-state index is 5.86. The summed E-state index contributed by atoms with van der Waals surface area (Å²) in [5.41, 5.74) is 5.70. The Kier molecular flexibility index (Phi) is 3.36. The molecule has 4 heteroatoms. The maximum atomic E-state index is 5.86. The van der Waals surface area contributed by atoms with Gasteiger partial charge in [-0.15, -0.1) is 0 Å². The molecule has 2 heterocycles. The number of hydrogen-bond donors (Lipinski definition) is 0. The van der Waals surface area contributed by atoms with E-state index in [1.54, 1.807) is 0 Å². The molecule has 0 atom stereocenters. The molecule has 0 fully saturated rings. The van der Waals surface area contributed by atoms with Gasteiger partial charge in [-0.3, -0.25) is 0 Å². The van der Waals surface area contributed by atoms with E-state index < -0.39 is 0 Å². The predicted molar refractivity (Wildman–Crippen MR) is 92.4 cm³/mol. The number of rotatable bonds is 2. The lowest BCUT2D eigenvalue weighted by atomic mass is 10.0. The molecule has 2 aromatic heterocycles. The molecule has 2 aromatic carbocycles. The number of aromatic nitrogens is 2. The molecule has 0 radical (unpaired) electrons. The summed E-state index contributed by atoms with van der Waals surface area (Å²) in [6.45, 7) is 2.09. The molecule has 3 nitrogen and oxygen atoms in total. The largest absolute Gasteiger partial charge is 0.436 e. The zero-order valence-corrected chi connectivity index (χ0v) is 13.2. The first-order valence-electron chi connectivity index (χ1n) is 7.29. The molecule has 23 heavy (non-hydrogen) atoms. The summed E-state index contributed by atoms with van der Waals surface area (Å²) in [4.78, 5) is 8.38. The van der Waals surface area contributed by atoms with E-state index in [1.807, 2.05) is 18.2 Å². The number of hydrogen-bond acceptors (Lipinski definition) is 3. The Labute approximate surface area is 138 Å². The standard InChI is InChI=1S/C19H13ClN2O/c1-12-4-2-5-13(8-12)14-6-3-7-15(9-14)17-10-16-19(23-17)22-18(20)11-21-16/h2-11H,1H3. The number of halogens is 1. The highest BCUT2D eigenvalue weighted by atomic mass is 35.5. The fraction of sp³-hybridized carbons (Fsp3) is 0.0526. The highest BCUT2D eigenvalue weighted by Gasteiger charge is 2.10. The van der Waals surface area contributed by atoms with Crippen LogP contribution in [0.4, 0.5) is 0 Å². The Hall–Kier alpha value is -2.65. The van der Waals surface area contributed by atoms with Crippen molar-refractivity contribution < 1.29 is 4.42 Å². The number of benzene rings is 2. The first kappa shape index (κ1) is 14.0. The Morgan fingerprint density at radius 3 is 2.48 bits per heavy atom. The molecule has 0 saturated heterocycles. The molecular formula is C19H13ClN2O. The third-order valence-electron chi connectivity index (χ3n) is 3.71. The van der Waals surface area contributed by atoms with Crippen LogP contribution in [0.5, 0.6) is 0 Å². The fourth-order valence-corrected chi connectivity index (χ4v) is 2.74. The Morgan fingerprint density at radius 1 is 0.913 bits per heavy atom. The van der Waals surface area contributed by atoms with Crippen molar-refractivity contribution in [2.24, 2.45) is 0 Å². The summed E-state index contributed by atoms with van der Waals surface area (Å²) in [6.07, 6.45) is 1.52. The third-order valence-corrected chi connectivity index (χ3v) is 3.89. The van der Waals surface area contributed by atoms with Crippen molar-refractivity contribution >= 4 is 22.8 Å². The van der Waals surface area contributed by atoms with Crippen LogP contribution < -0.4 is 0 Å². The second-order valence-electron chi connectivity index (χ2n) is 5.44. The lowest BCUT2D eigenvalue weighted by Crippen LogP contribution is -1.81. The minimum absolute atomic E-state index is 0.326. The normalized spacial score (nSPS) is 11.0. The highest BCUT2D eigenvalue weighted by Crippen LogP contribution is 2.30. The second-order valence-corrected chi connectivity index (χ2v) is 5.83. The van der Waals surface area contributed by atoms with Gasteiger partial charge >= 0.3 is 0 Å². The van der Waals surface area contributed by atoms with Gasteiger partial charge in [0.25, 0.3) is 0 Å². The Balaban J connectivity index is 1.80. The molecule has 0 saturated carbocycles. The van der Waals surface area contributed by atoms with E-state index in [0.29, 0.717) is 16.4 Å². The lowest BCUT2D eigenvalue weighted by molar-refractivity contribution is 0.618. The van der Waals surface area contributed by atoms with Crippen molar-refractivity contribution in [1.82, 2.24) is 9.97 Å². The zero-order valence-electron chi connectivity index (χ0n) is 12.5. The van der Waals surface area contributed by atoms with Gasteiger partial charge < -0.3 is 4.42 Å². The van der Waals surface area contributed by atoms with Gasteiger partial charge in [-0.25, -0.2) is 4.98 Å². The van der Waals surface area contributed by atoms with E-state index >= 15 is 0 Å². The van der Waals surface area contributed by atoms with Gasteiger partial charge in [0.15, 0.2) is 5.15 Å². The molecule has 0 aliphatic rings. The Bertz CT molecular complexity index is 1010. The molecule has 4 aromatic rings. The lowest BCUT2D eigenvalue weighted by Gasteiger charge is -2.05. The van der Waals surface area contributed by atoms with Crippen LogP contribution in [0, 0.1) is 6.92 Å². The molecule has 0 bridgehead atoms. The van der Waals surface area contributed by atoms with E-state index in [9.17, 15) is 0 Å². The summed E-state index contributed by atoms with van der Waals surface area (Å²) in [7, 11) is 0. The maximum Gasteiger partial charge on any atom is 0.247 e. The molecular weight excluding hydrogens is 308 g/mol. The average Bonchev–Trinajstić information content (AvgIpc) is 2.98. The quantitative estimate of drug-likeness (QED) is 0.488. The average molecular weight is 321 g/mol. The van der Waals surface area contributed by atoms with Gasteiger partial charge in [-0.05, 0) is 24.1 Å². The monoisotopic (exact) mass is 320 g/mol. The van der Waals surface area contributed by atoms with Gasteiger partial charge in [0, 0.05) is 11.6 Å². The number of nitrogens with zero attached hydrogens (tertiary/aromatic N) is 2. The van der Waals surface area contributed by atoms with Crippen LogP contribution in [-0.2, 0) is 0 Å². The van der Waals surface area contributed by atoms with Crippen LogP contribution in [0.2, 0.25) is 5.15 Å². The SMILES string of the molecule is Cc1cccc(-c2cccc(-c3cc4ncc(Cl)nc4o3)c2)c1. The van der Waals surface area contributed by atoms with Crippen LogP contribution in [0.15, 0.2) is 65.2 Å². The second kappa shape index (κ2) is 5.52. The van der Waals surface area contributed by atoms with Crippen LogP contribution in [0.25, 0.3) is 33.7 Å². The zero-order chi connectivity index (χ0) is 15.8. The van der Waals surface area contributed by atoms with Gasteiger partial charge in [0.2, 0.25) is 5.71 Å². The van der Waals surface area contributed by atoms with Crippen LogP contribution >= 0.6 is 11.6 Å². The highest BCUT2D eigenvalue weighted by molar-refractivity contribution is 6.29. The number of fused-ring (bicyclic) bond motifs is 1. The Morgan fingerprint density at radius 2 is 1.65 bits per heavy atom.